The molecule has 0 aliphatic rings. The maximum absolute atomic E-state index is 4.52. The first-order valence-corrected chi connectivity index (χ1v) is 6.45. The fraction of sp³-hybridized carbons (Fsp3) is 0.467. The van der Waals surface area contributed by atoms with E-state index in [-0.39, 0.29) is 0 Å². The van der Waals surface area contributed by atoms with Crippen LogP contribution in [0.25, 0.3) is 10.8 Å². The van der Waals surface area contributed by atoms with Crippen molar-refractivity contribution in [2.24, 2.45) is 0 Å². The van der Waals surface area contributed by atoms with E-state index in [0.29, 0.717) is 5.92 Å². The lowest BCUT2D eigenvalue weighted by molar-refractivity contribution is 0.863. The van der Waals surface area contributed by atoms with E-state index in [1.807, 2.05) is 32.4 Å². The summed E-state index contributed by atoms with van der Waals surface area (Å²) in [6.07, 6.45) is 6.76. The fourth-order valence-corrected chi connectivity index (χ4v) is 1.90. The van der Waals surface area contributed by atoms with Gasteiger partial charge in [0.15, 0.2) is 0 Å². The molecule has 0 amide bonds. The molecule has 2 nitrogen and oxygen atoms in total. The van der Waals surface area contributed by atoms with Gasteiger partial charge in [-0.05, 0) is 24.0 Å². The summed E-state index contributed by atoms with van der Waals surface area (Å²) in [5.74, 6) is 0.495. The number of aromatic nitrogens is 2. The molecule has 0 radical (unpaired) electrons. The molecular formula is C15H22N2. The second kappa shape index (κ2) is 6.33. The van der Waals surface area contributed by atoms with Crippen LogP contribution in [0, 0.1) is 0 Å². The zero-order valence-corrected chi connectivity index (χ0v) is 11.5. The Bertz CT molecular complexity index is 475. The van der Waals surface area contributed by atoms with Gasteiger partial charge in [0.1, 0.15) is 0 Å². The zero-order chi connectivity index (χ0) is 12.8. The van der Waals surface area contributed by atoms with Crippen LogP contribution in [0.5, 0.6) is 0 Å². The van der Waals surface area contributed by atoms with Crippen LogP contribution in [0.2, 0.25) is 0 Å². The number of pyridine rings is 2. The van der Waals surface area contributed by atoms with E-state index in [1.54, 1.807) is 0 Å². The van der Waals surface area contributed by atoms with Crippen LogP contribution < -0.4 is 0 Å². The standard InChI is InChI=1S/C13H16N2.C2H6/c1-4-13-10-5-6-14-7-12(10)11(8-15-13)9(2)3;1-2/h5-9H,4H2,1-3H3;1-2H3. The highest BCUT2D eigenvalue weighted by atomic mass is 14.7. The normalized spacial score (nSPS) is 10.2. The van der Waals surface area contributed by atoms with Gasteiger partial charge in [-0.15, -0.1) is 0 Å². The predicted molar refractivity (Wildman–Crippen MR) is 74.4 cm³/mol. The Labute approximate surface area is 104 Å². The van der Waals surface area contributed by atoms with Crippen molar-refractivity contribution < 1.29 is 0 Å². The quantitative estimate of drug-likeness (QED) is 0.767. The van der Waals surface area contributed by atoms with E-state index in [9.17, 15) is 0 Å². The Balaban J connectivity index is 0.000000686. The van der Waals surface area contributed by atoms with Gasteiger partial charge in [-0.2, -0.15) is 0 Å². The number of aryl methyl sites for hydroxylation is 1. The van der Waals surface area contributed by atoms with E-state index >= 15 is 0 Å². The Morgan fingerprint density at radius 3 is 2.41 bits per heavy atom. The first-order chi connectivity index (χ1) is 8.24. The molecule has 2 aromatic rings. The molecule has 0 saturated heterocycles. The molecule has 2 heterocycles. The average Bonchev–Trinajstić information content (AvgIpc) is 2.39. The largest absolute Gasteiger partial charge is 0.264 e. The molecule has 0 atom stereocenters. The third-order valence-corrected chi connectivity index (χ3v) is 2.76. The van der Waals surface area contributed by atoms with Crippen LogP contribution in [0.3, 0.4) is 0 Å². The van der Waals surface area contributed by atoms with Gasteiger partial charge in [-0.25, -0.2) is 0 Å². The number of rotatable bonds is 2. The van der Waals surface area contributed by atoms with Crippen molar-refractivity contribution in [1.29, 1.82) is 0 Å². The second-order valence-electron chi connectivity index (χ2n) is 4.09. The molecule has 0 aromatic carbocycles. The van der Waals surface area contributed by atoms with Crippen molar-refractivity contribution in [2.45, 2.75) is 47.0 Å². The van der Waals surface area contributed by atoms with Crippen molar-refractivity contribution in [3.8, 4) is 0 Å². The average molecular weight is 230 g/mol. The molecule has 0 saturated carbocycles. The highest BCUT2D eigenvalue weighted by molar-refractivity contribution is 5.86. The van der Waals surface area contributed by atoms with Crippen LogP contribution in [0.4, 0.5) is 0 Å². The number of hydrogen-bond donors (Lipinski definition) is 0. The van der Waals surface area contributed by atoms with E-state index in [2.05, 4.69) is 36.8 Å². The van der Waals surface area contributed by atoms with Crippen LogP contribution in [0.15, 0.2) is 24.7 Å². The van der Waals surface area contributed by atoms with Crippen molar-refractivity contribution in [1.82, 2.24) is 9.97 Å². The SMILES string of the molecule is CC.CCc1ncc(C(C)C)c2cnccc12. The van der Waals surface area contributed by atoms with E-state index in [4.69, 9.17) is 0 Å². The first-order valence-electron chi connectivity index (χ1n) is 6.45. The molecular weight excluding hydrogens is 208 g/mol. The minimum absolute atomic E-state index is 0.495. The van der Waals surface area contributed by atoms with Crippen LogP contribution in [0.1, 0.15) is 51.8 Å². The minimum atomic E-state index is 0.495. The minimum Gasteiger partial charge on any atom is -0.264 e. The monoisotopic (exact) mass is 230 g/mol. The Morgan fingerprint density at radius 2 is 1.82 bits per heavy atom. The van der Waals surface area contributed by atoms with Gasteiger partial charge in [0.05, 0.1) is 0 Å². The van der Waals surface area contributed by atoms with Crippen molar-refractivity contribution in [2.75, 3.05) is 0 Å². The van der Waals surface area contributed by atoms with Crippen LogP contribution in [-0.2, 0) is 6.42 Å². The summed E-state index contributed by atoms with van der Waals surface area (Å²) in [6.45, 7) is 10.5. The lowest BCUT2D eigenvalue weighted by Gasteiger charge is -2.11. The maximum atomic E-state index is 4.52. The number of fused-ring (bicyclic) bond motifs is 1. The topological polar surface area (TPSA) is 25.8 Å². The zero-order valence-electron chi connectivity index (χ0n) is 11.5. The summed E-state index contributed by atoms with van der Waals surface area (Å²) in [4.78, 5) is 8.72. The number of hydrogen-bond acceptors (Lipinski definition) is 2. The summed E-state index contributed by atoms with van der Waals surface area (Å²) >= 11 is 0. The molecule has 0 unspecified atom stereocenters. The third-order valence-electron chi connectivity index (χ3n) is 2.76. The Morgan fingerprint density at radius 1 is 1.12 bits per heavy atom. The lowest BCUT2D eigenvalue weighted by atomic mass is 9.98. The van der Waals surface area contributed by atoms with Crippen molar-refractivity contribution >= 4 is 10.8 Å². The molecule has 92 valence electrons. The van der Waals surface area contributed by atoms with Gasteiger partial charge in [0, 0.05) is 35.1 Å². The summed E-state index contributed by atoms with van der Waals surface area (Å²) in [5.41, 5.74) is 2.45. The molecule has 2 heteroatoms. The lowest BCUT2D eigenvalue weighted by Crippen LogP contribution is -1.96. The van der Waals surface area contributed by atoms with Gasteiger partial charge >= 0.3 is 0 Å². The molecule has 0 spiro atoms. The first kappa shape index (κ1) is 13.6. The summed E-state index contributed by atoms with van der Waals surface area (Å²) < 4.78 is 0. The van der Waals surface area contributed by atoms with Gasteiger partial charge in [-0.1, -0.05) is 34.6 Å². The van der Waals surface area contributed by atoms with E-state index in [0.717, 1.165) is 12.1 Å². The summed E-state index contributed by atoms with van der Waals surface area (Å²) in [6, 6.07) is 2.06. The van der Waals surface area contributed by atoms with E-state index < -0.39 is 0 Å². The maximum Gasteiger partial charge on any atom is 0.0480 e. The molecule has 17 heavy (non-hydrogen) atoms. The summed E-state index contributed by atoms with van der Waals surface area (Å²) in [5, 5.41) is 2.50. The molecule has 0 aliphatic carbocycles. The Kier molecular flexibility index (Phi) is 5.08. The highest BCUT2D eigenvalue weighted by Crippen LogP contribution is 2.25. The molecule has 2 rings (SSSR count). The summed E-state index contributed by atoms with van der Waals surface area (Å²) in [7, 11) is 0. The molecule has 0 fully saturated rings. The van der Waals surface area contributed by atoms with E-state index in [1.165, 1.54) is 16.3 Å². The van der Waals surface area contributed by atoms with Crippen LogP contribution >= 0.6 is 0 Å². The van der Waals surface area contributed by atoms with Crippen molar-refractivity contribution in [3.05, 3.63) is 35.9 Å². The van der Waals surface area contributed by atoms with Gasteiger partial charge in [-0.3, -0.25) is 9.97 Å². The highest BCUT2D eigenvalue weighted by Gasteiger charge is 2.08. The molecule has 2 aromatic heterocycles. The van der Waals surface area contributed by atoms with Gasteiger partial charge in [0.25, 0.3) is 0 Å². The Hall–Kier alpha value is -1.44. The molecule has 0 bridgehead atoms. The predicted octanol–water partition coefficient (Wildman–Crippen LogP) is 4.34. The van der Waals surface area contributed by atoms with Gasteiger partial charge < -0.3 is 0 Å². The van der Waals surface area contributed by atoms with Crippen LogP contribution in [-0.4, -0.2) is 9.97 Å². The smallest absolute Gasteiger partial charge is 0.0480 e. The number of nitrogens with zero attached hydrogens (tertiary/aromatic N) is 2. The molecule has 0 N–H and O–H groups in total. The van der Waals surface area contributed by atoms with Gasteiger partial charge in [0.2, 0.25) is 0 Å². The fourth-order valence-electron chi connectivity index (χ4n) is 1.90. The molecule has 0 aliphatic heterocycles. The third kappa shape index (κ3) is 2.82. The van der Waals surface area contributed by atoms with Crippen molar-refractivity contribution in [3.63, 3.8) is 0 Å². The second-order valence-corrected chi connectivity index (χ2v) is 4.09.